The number of nitrogens with zero attached hydrogens (tertiary/aromatic N) is 1. The van der Waals surface area contributed by atoms with Crippen molar-refractivity contribution in [2.75, 3.05) is 0 Å². The Morgan fingerprint density at radius 2 is 2.45 bits per heavy atom. The fourth-order valence-corrected chi connectivity index (χ4v) is 1.21. The number of hydrogen-bond donors (Lipinski definition) is 2. The number of aromatic nitrogens is 2. The summed E-state index contributed by atoms with van der Waals surface area (Å²) in [5, 5.41) is 10.9. The van der Waals surface area contributed by atoms with E-state index in [0.717, 1.165) is 0 Å². The fourth-order valence-electron chi connectivity index (χ4n) is 1.21. The predicted molar refractivity (Wildman–Crippen MR) is 33.8 cm³/mol. The van der Waals surface area contributed by atoms with Crippen LogP contribution in [0.5, 0.6) is 0 Å². The number of aromatic amines is 1. The highest BCUT2D eigenvalue weighted by molar-refractivity contribution is 5.84. The maximum atomic E-state index is 12.5. The molecule has 1 saturated carbocycles. The van der Waals surface area contributed by atoms with Crippen LogP contribution >= 0.6 is 0 Å². The monoisotopic (exact) mass is 158 g/mol. The minimum atomic E-state index is -0.937. The molecule has 0 radical (unpaired) electrons. The Morgan fingerprint density at radius 1 is 1.82 bits per heavy atom. The Hall–Kier alpha value is -1.26. The van der Waals surface area contributed by atoms with Crippen molar-refractivity contribution in [3.8, 4) is 0 Å². The fraction of sp³-hybridized carbons (Fsp3) is 0.500. The molecule has 0 amide bonds. The molecule has 1 aromatic rings. The largest absolute Gasteiger partial charge is 0.481 e. The van der Waals surface area contributed by atoms with Crippen molar-refractivity contribution < 1.29 is 14.4 Å². The van der Waals surface area contributed by atoms with E-state index >= 15 is 0 Å². The average molecular weight is 158 g/mol. The summed E-state index contributed by atoms with van der Waals surface area (Å²) >= 11 is 0. The lowest BCUT2D eigenvalue weighted by molar-refractivity contribution is -0.140. The molecule has 0 aromatic carbocycles. The van der Waals surface area contributed by atoms with Crippen molar-refractivity contribution in [2.24, 2.45) is 0 Å². The average Bonchev–Trinajstić information content (AvgIpc) is 2.66. The van der Waals surface area contributed by atoms with Crippen molar-refractivity contribution in [2.45, 2.75) is 18.3 Å². The van der Waals surface area contributed by atoms with Crippen molar-refractivity contribution in [1.82, 2.24) is 10.0 Å². The Kier molecular flexibility index (Phi) is 0.976. The van der Waals surface area contributed by atoms with E-state index in [1.165, 1.54) is 6.20 Å². The van der Waals surface area contributed by atoms with E-state index in [4.69, 9.17) is 5.11 Å². The molecular weight excluding hydrogens is 151 g/mol. The van der Waals surface area contributed by atoms with Gasteiger partial charge >= 0.3 is 5.97 Å². The second-order valence-corrected chi connectivity index (χ2v) is 2.83. The zero-order valence-corrected chi connectivity index (χ0v) is 5.67. The molecule has 2 N–H and O–H groups in total. The molecule has 1 aromatic heterocycles. The molecule has 0 atom stereocenters. The molecule has 1 fully saturated rings. The Bertz CT molecular complexity index is 297. The van der Waals surface area contributed by atoms with Crippen molar-refractivity contribution in [3.05, 3.63) is 11.9 Å². The predicted octanol–water partition coefficient (Wildman–Crippen LogP) is 0.665. The molecule has 11 heavy (non-hydrogen) atoms. The normalized spacial score (nSPS) is 20.1. The lowest BCUT2D eigenvalue weighted by atomic mass is 10.0. The molecule has 1 aliphatic rings. The van der Waals surface area contributed by atoms with Gasteiger partial charge in [-0.15, -0.1) is 4.90 Å². The number of H-pyrrole nitrogens is 1. The van der Waals surface area contributed by atoms with Crippen LogP contribution in [-0.4, -0.2) is 21.1 Å². The Balaban J connectivity index is 2.32. The first kappa shape index (κ1) is 6.45. The van der Waals surface area contributed by atoms with Crippen LogP contribution < -0.4 is 0 Å². The summed E-state index contributed by atoms with van der Waals surface area (Å²) < 4.78 is 12.5. The van der Waals surface area contributed by atoms with Crippen LogP contribution in [0.2, 0.25) is 0 Å². The van der Waals surface area contributed by atoms with E-state index < -0.39 is 11.4 Å². The summed E-state index contributed by atoms with van der Waals surface area (Å²) in [7, 11) is 0. The maximum absolute atomic E-state index is 12.5. The second-order valence-electron chi connectivity index (χ2n) is 2.83. The highest BCUT2D eigenvalue weighted by Gasteiger charge is 2.55. The number of aliphatic carboxylic acids is 1. The maximum Gasteiger partial charge on any atom is 0.315 e. The first-order valence-electron chi connectivity index (χ1n) is 3.33. The standard InChI is InChI=1S/C6H7FN2O2/c7-9-4(3-8-9)6(1-2-6)5(10)11/h3,8H,1-2H2,(H,10,11). The van der Waals surface area contributed by atoms with E-state index in [9.17, 15) is 9.28 Å². The summed E-state index contributed by atoms with van der Waals surface area (Å²) in [5.41, 5.74) is -0.676. The molecule has 4 nitrogen and oxygen atoms in total. The van der Waals surface area contributed by atoms with Gasteiger partial charge in [0.15, 0.2) is 0 Å². The summed E-state index contributed by atoms with van der Waals surface area (Å²) in [5.74, 6) is -0.937. The third-order valence-corrected chi connectivity index (χ3v) is 2.18. The minimum Gasteiger partial charge on any atom is -0.481 e. The molecule has 5 heteroatoms. The quantitative estimate of drug-likeness (QED) is 0.664. The summed E-state index contributed by atoms with van der Waals surface area (Å²) in [4.78, 5) is 10.9. The molecule has 0 spiro atoms. The third kappa shape index (κ3) is 0.649. The van der Waals surface area contributed by atoms with Gasteiger partial charge in [0.25, 0.3) is 0 Å². The molecule has 60 valence electrons. The number of nitrogens with one attached hydrogen (secondary N) is 1. The number of hydrogen-bond acceptors (Lipinski definition) is 1. The van der Waals surface area contributed by atoms with E-state index in [1.807, 2.05) is 0 Å². The highest BCUT2D eigenvalue weighted by Crippen LogP contribution is 2.48. The van der Waals surface area contributed by atoms with Crippen LogP contribution in [0.4, 0.5) is 4.48 Å². The van der Waals surface area contributed by atoms with Crippen LogP contribution in [0.25, 0.3) is 0 Å². The minimum absolute atomic E-state index is 0.241. The van der Waals surface area contributed by atoms with Gasteiger partial charge in [0, 0.05) is 6.20 Å². The number of halogens is 1. The van der Waals surface area contributed by atoms with E-state index in [1.54, 1.807) is 0 Å². The molecule has 1 heterocycles. The van der Waals surface area contributed by atoms with E-state index in [2.05, 4.69) is 5.10 Å². The van der Waals surface area contributed by atoms with Gasteiger partial charge in [-0.2, -0.15) is 0 Å². The van der Waals surface area contributed by atoms with Gasteiger partial charge in [-0.3, -0.25) is 9.89 Å². The van der Waals surface area contributed by atoms with Gasteiger partial charge in [0.2, 0.25) is 0 Å². The van der Waals surface area contributed by atoms with Gasteiger partial charge in [0.05, 0.1) is 0 Å². The van der Waals surface area contributed by atoms with Crippen LogP contribution in [0.1, 0.15) is 18.5 Å². The Labute approximate surface area is 61.5 Å². The van der Waals surface area contributed by atoms with Crippen molar-refractivity contribution in [1.29, 1.82) is 0 Å². The molecule has 0 bridgehead atoms. The SMILES string of the molecule is O=C(O)C1(c2c[nH]n2F)CC1. The van der Waals surface area contributed by atoms with Crippen LogP contribution in [0.3, 0.4) is 0 Å². The third-order valence-electron chi connectivity index (χ3n) is 2.18. The van der Waals surface area contributed by atoms with E-state index in [-0.39, 0.29) is 10.6 Å². The summed E-state index contributed by atoms with van der Waals surface area (Å²) in [6.45, 7) is 0. The zero-order valence-electron chi connectivity index (χ0n) is 5.67. The van der Waals surface area contributed by atoms with Crippen molar-refractivity contribution >= 4 is 5.97 Å². The molecular formula is C6H7FN2O2. The van der Waals surface area contributed by atoms with Gasteiger partial charge < -0.3 is 5.11 Å². The van der Waals surface area contributed by atoms with Crippen molar-refractivity contribution in [3.63, 3.8) is 0 Å². The molecule has 1 aliphatic carbocycles. The highest BCUT2D eigenvalue weighted by atomic mass is 19.2. The molecule has 0 aliphatic heterocycles. The first-order chi connectivity index (χ1) is 5.17. The second kappa shape index (κ2) is 1.66. The van der Waals surface area contributed by atoms with Crippen LogP contribution in [-0.2, 0) is 10.2 Å². The Morgan fingerprint density at radius 3 is 2.55 bits per heavy atom. The van der Waals surface area contributed by atoms with Gasteiger partial charge in [0.1, 0.15) is 11.1 Å². The van der Waals surface area contributed by atoms with Crippen LogP contribution in [0, 0.1) is 0 Å². The van der Waals surface area contributed by atoms with Gasteiger partial charge in [-0.1, -0.05) is 4.48 Å². The lowest BCUT2D eigenvalue weighted by Crippen LogP contribution is -2.26. The topological polar surface area (TPSA) is 58.0 Å². The lowest BCUT2D eigenvalue weighted by Gasteiger charge is -2.14. The molecule has 0 unspecified atom stereocenters. The van der Waals surface area contributed by atoms with Gasteiger partial charge in [-0.25, -0.2) is 0 Å². The summed E-state index contributed by atoms with van der Waals surface area (Å²) in [6, 6.07) is 0. The number of carboxylic acid groups (broad SMARTS) is 1. The first-order valence-corrected chi connectivity index (χ1v) is 3.33. The number of carbonyl (C=O) groups is 1. The number of rotatable bonds is 2. The zero-order chi connectivity index (χ0) is 8.06. The van der Waals surface area contributed by atoms with Crippen LogP contribution in [0.15, 0.2) is 6.20 Å². The van der Waals surface area contributed by atoms with E-state index in [0.29, 0.717) is 12.8 Å². The smallest absolute Gasteiger partial charge is 0.315 e. The molecule has 0 saturated heterocycles. The number of carboxylic acids is 1. The molecule has 2 rings (SSSR count). The summed E-state index contributed by atoms with van der Waals surface area (Å²) in [6.07, 6.45) is 2.47. The van der Waals surface area contributed by atoms with Gasteiger partial charge in [-0.05, 0) is 12.8 Å².